The Morgan fingerprint density at radius 1 is 1.47 bits per heavy atom. The van der Waals surface area contributed by atoms with E-state index in [-0.39, 0.29) is 23.6 Å². The molecule has 4 N–H and O–H groups in total. The number of amides is 1. The predicted molar refractivity (Wildman–Crippen MR) is 55.5 cm³/mol. The molecule has 80 valence electrons. The highest BCUT2D eigenvalue weighted by atomic mass is 16.2. The molecule has 1 aromatic rings. The summed E-state index contributed by atoms with van der Waals surface area (Å²) >= 11 is 0. The van der Waals surface area contributed by atoms with Gasteiger partial charge >= 0.3 is 0 Å². The summed E-state index contributed by atoms with van der Waals surface area (Å²) in [6, 6.07) is 3.24. The number of hydrogen-bond acceptors (Lipinski definition) is 3. The summed E-state index contributed by atoms with van der Waals surface area (Å²) in [5, 5.41) is 2.84. The van der Waals surface area contributed by atoms with Gasteiger partial charge in [0.1, 0.15) is 0 Å². The Kier molecular flexibility index (Phi) is 2.55. The van der Waals surface area contributed by atoms with Gasteiger partial charge in [0.05, 0.1) is 5.56 Å². The lowest BCUT2D eigenvalue weighted by Crippen LogP contribution is -2.50. The average Bonchev–Trinajstić information content (AvgIpc) is 2.16. The maximum atomic E-state index is 11.6. The molecule has 1 fully saturated rings. The van der Waals surface area contributed by atoms with Crippen molar-refractivity contribution in [2.24, 2.45) is 5.73 Å². The number of aromatic nitrogens is 1. The average molecular weight is 207 g/mol. The van der Waals surface area contributed by atoms with Crippen LogP contribution < -0.4 is 16.6 Å². The smallest absolute Gasteiger partial charge is 0.252 e. The molecule has 1 heterocycles. The number of rotatable bonds is 2. The van der Waals surface area contributed by atoms with Crippen LogP contribution in [0.2, 0.25) is 0 Å². The molecule has 1 aromatic heterocycles. The molecule has 0 atom stereocenters. The number of carbonyl (C=O) groups is 1. The zero-order chi connectivity index (χ0) is 10.8. The van der Waals surface area contributed by atoms with Gasteiger partial charge in [-0.3, -0.25) is 9.59 Å². The Bertz CT molecular complexity index is 400. The van der Waals surface area contributed by atoms with Gasteiger partial charge < -0.3 is 16.0 Å². The monoisotopic (exact) mass is 207 g/mol. The van der Waals surface area contributed by atoms with Crippen LogP contribution in [-0.2, 0) is 0 Å². The van der Waals surface area contributed by atoms with Gasteiger partial charge in [-0.2, -0.15) is 0 Å². The summed E-state index contributed by atoms with van der Waals surface area (Å²) in [5.74, 6) is -0.164. The highest BCUT2D eigenvalue weighted by Gasteiger charge is 2.27. The van der Waals surface area contributed by atoms with E-state index in [4.69, 9.17) is 5.73 Å². The van der Waals surface area contributed by atoms with Crippen LogP contribution in [0.3, 0.4) is 0 Å². The highest BCUT2D eigenvalue weighted by molar-refractivity contribution is 5.94. The van der Waals surface area contributed by atoms with E-state index in [1.807, 2.05) is 0 Å². The first-order chi connectivity index (χ1) is 7.15. The maximum absolute atomic E-state index is 11.6. The molecule has 0 aliphatic heterocycles. The molecule has 2 rings (SSSR count). The Morgan fingerprint density at radius 2 is 2.20 bits per heavy atom. The molecule has 1 saturated carbocycles. The van der Waals surface area contributed by atoms with Gasteiger partial charge in [0.2, 0.25) is 5.56 Å². The van der Waals surface area contributed by atoms with Crippen molar-refractivity contribution in [2.45, 2.75) is 24.9 Å². The standard InChI is InChI=1S/C10H13N3O2/c11-7-3-8(4-7)13-10(15)6-1-2-9(14)12-5-6/h1-2,5,7-8H,3-4,11H2,(H,12,14)(H,13,15). The van der Waals surface area contributed by atoms with Gasteiger partial charge in [-0.25, -0.2) is 0 Å². The van der Waals surface area contributed by atoms with Gasteiger partial charge in [-0.15, -0.1) is 0 Å². The van der Waals surface area contributed by atoms with E-state index < -0.39 is 0 Å². The fourth-order valence-electron chi connectivity index (χ4n) is 1.60. The second-order valence-corrected chi connectivity index (χ2v) is 3.84. The molecule has 5 heteroatoms. The first-order valence-electron chi connectivity index (χ1n) is 4.90. The highest BCUT2D eigenvalue weighted by Crippen LogP contribution is 2.17. The molecule has 0 radical (unpaired) electrons. The van der Waals surface area contributed by atoms with Crippen molar-refractivity contribution in [3.63, 3.8) is 0 Å². The van der Waals surface area contributed by atoms with E-state index in [1.165, 1.54) is 18.3 Å². The summed E-state index contributed by atoms with van der Waals surface area (Å²) in [6.45, 7) is 0. The molecule has 0 aromatic carbocycles. The maximum Gasteiger partial charge on any atom is 0.252 e. The lowest BCUT2D eigenvalue weighted by molar-refractivity contribution is 0.0910. The third-order valence-electron chi connectivity index (χ3n) is 2.56. The summed E-state index contributed by atoms with van der Waals surface area (Å²) < 4.78 is 0. The third kappa shape index (κ3) is 2.24. The van der Waals surface area contributed by atoms with Crippen molar-refractivity contribution >= 4 is 5.91 Å². The fraction of sp³-hybridized carbons (Fsp3) is 0.400. The SMILES string of the molecule is NC1CC(NC(=O)c2ccc(=O)[nH]c2)C1. The van der Waals surface area contributed by atoms with Crippen LogP contribution >= 0.6 is 0 Å². The Hall–Kier alpha value is -1.62. The Labute approximate surface area is 86.7 Å². The fourth-order valence-corrected chi connectivity index (χ4v) is 1.60. The number of pyridine rings is 1. The first kappa shape index (κ1) is 9.92. The summed E-state index contributed by atoms with van der Waals surface area (Å²) in [6.07, 6.45) is 3.07. The second-order valence-electron chi connectivity index (χ2n) is 3.84. The van der Waals surface area contributed by atoms with Crippen molar-refractivity contribution < 1.29 is 4.79 Å². The Morgan fingerprint density at radius 3 is 2.73 bits per heavy atom. The van der Waals surface area contributed by atoms with Crippen molar-refractivity contribution in [2.75, 3.05) is 0 Å². The van der Waals surface area contributed by atoms with Crippen molar-refractivity contribution in [1.82, 2.24) is 10.3 Å². The first-order valence-corrected chi connectivity index (χ1v) is 4.90. The van der Waals surface area contributed by atoms with E-state index in [1.54, 1.807) is 0 Å². The van der Waals surface area contributed by atoms with Crippen molar-refractivity contribution in [3.8, 4) is 0 Å². The van der Waals surface area contributed by atoms with Gasteiger partial charge in [-0.1, -0.05) is 0 Å². The van der Waals surface area contributed by atoms with Crippen LogP contribution in [0.15, 0.2) is 23.1 Å². The van der Waals surface area contributed by atoms with E-state index >= 15 is 0 Å². The third-order valence-corrected chi connectivity index (χ3v) is 2.56. The van der Waals surface area contributed by atoms with E-state index in [0.29, 0.717) is 5.56 Å². The molecule has 0 saturated heterocycles. The van der Waals surface area contributed by atoms with Crippen molar-refractivity contribution in [1.29, 1.82) is 0 Å². The minimum absolute atomic E-state index is 0.164. The van der Waals surface area contributed by atoms with E-state index in [9.17, 15) is 9.59 Å². The van der Waals surface area contributed by atoms with Crippen LogP contribution in [0.4, 0.5) is 0 Å². The minimum Gasteiger partial charge on any atom is -0.349 e. The van der Waals surface area contributed by atoms with Crippen LogP contribution in [0, 0.1) is 0 Å². The van der Waals surface area contributed by atoms with Crippen LogP contribution in [0.5, 0.6) is 0 Å². The lowest BCUT2D eigenvalue weighted by atomic mass is 9.87. The summed E-state index contributed by atoms with van der Waals surface area (Å²) in [5.41, 5.74) is 5.86. The van der Waals surface area contributed by atoms with E-state index in [2.05, 4.69) is 10.3 Å². The molecule has 1 amide bonds. The summed E-state index contributed by atoms with van der Waals surface area (Å²) in [4.78, 5) is 24.8. The van der Waals surface area contributed by atoms with Gasteiger partial charge in [-0.05, 0) is 18.9 Å². The van der Waals surface area contributed by atoms with E-state index in [0.717, 1.165) is 12.8 Å². The molecular weight excluding hydrogens is 194 g/mol. The topological polar surface area (TPSA) is 88.0 Å². The largest absolute Gasteiger partial charge is 0.349 e. The molecule has 0 unspecified atom stereocenters. The van der Waals surface area contributed by atoms with Gasteiger partial charge in [0.25, 0.3) is 5.91 Å². The van der Waals surface area contributed by atoms with Gasteiger partial charge in [0, 0.05) is 24.3 Å². The number of nitrogens with two attached hydrogens (primary N) is 1. The quantitative estimate of drug-likeness (QED) is 0.616. The molecule has 0 spiro atoms. The molecular formula is C10H13N3O2. The Balaban J connectivity index is 1.96. The van der Waals surface area contributed by atoms with Crippen LogP contribution in [0.25, 0.3) is 0 Å². The predicted octanol–water partition coefficient (Wildman–Crippen LogP) is -0.406. The molecule has 15 heavy (non-hydrogen) atoms. The molecule has 1 aliphatic rings. The van der Waals surface area contributed by atoms with Crippen LogP contribution in [-0.4, -0.2) is 23.0 Å². The number of nitrogens with one attached hydrogen (secondary N) is 2. The number of aromatic amines is 1. The van der Waals surface area contributed by atoms with Crippen LogP contribution in [0.1, 0.15) is 23.2 Å². The summed E-state index contributed by atoms with van der Waals surface area (Å²) in [7, 11) is 0. The zero-order valence-corrected chi connectivity index (χ0v) is 8.19. The molecule has 5 nitrogen and oxygen atoms in total. The van der Waals surface area contributed by atoms with Gasteiger partial charge in [0.15, 0.2) is 0 Å². The minimum atomic E-state index is -0.211. The normalized spacial score (nSPS) is 24.3. The van der Waals surface area contributed by atoms with Crippen molar-refractivity contribution in [3.05, 3.63) is 34.2 Å². The zero-order valence-electron chi connectivity index (χ0n) is 8.19. The lowest BCUT2D eigenvalue weighted by Gasteiger charge is -2.32. The molecule has 0 bridgehead atoms. The molecule has 1 aliphatic carbocycles. The number of carbonyl (C=O) groups excluding carboxylic acids is 1. The number of hydrogen-bond donors (Lipinski definition) is 3. The second kappa shape index (κ2) is 3.86. The number of H-pyrrole nitrogens is 1.